The molecule has 0 aromatic carbocycles. The standard InChI is InChI=1S/C14H28N2O2/c1-12(2)6-9-16-13(17)10-18-14(11-15)7-4-3-5-8-14/h12H,3-11,15H2,1-2H3,(H,16,17). The van der Waals surface area contributed by atoms with Gasteiger partial charge in [-0.2, -0.15) is 0 Å². The summed E-state index contributed by atoms with van der Waals surface area (Å²) in [4.78, 5) is 11.6. The lowest BCUT2D eigenvalue weighted by atomic mass is 9.85. The van der Waals surface area contributed by atoms with Crippen LogP contribution in [-0.4, -0.2) is 31.2 Å². The van der Waals surface area contributed by atoms with Crippen LogP contribution in [-0.2, 0) is 9.53 Å². The first kappa shape index (κ1) is 15.4. The van der Waals surface area contributed by atoms with Crippen LogP contribution < -0.4 is 11.1 Å². The van der Waals surface area contributed by atoms with Gasteiger partial charge in [-0.3, -0.25) is 4.79 Å². The summed E-state index contributed by atoms with van der Waals surface area (Å²) in [7, 11) is 0. The number of carbonyl (C=O) groups is 1. The van der Waals surface area contributed by atoms with Crippen molar-refractivity contribution in [1.82, 2.24) is 5.32 Å². The minimum atomic E-state index is -0.242. The molecule has 0 saturated heterocycles. The van der Waals surface area contributed by atoms with Crippen molar-refractivity contribution in [2.24, 2.45) is 11.7 Å². The average Bonchev–Trinajstić information content (AvgIpc) is 2.37. The molecule has 4 nitrogen and oxygen atoms in total. The van der Waals surface area contributed by atoms with Crippen LogP contribution in [0.4, 0.5) is 0 Å². The lowest BCUT2D eigenvalue weighted by Crippen LogP contribution is -2.45. The van der Waals surface area contributed by atoms with Crippen LogP contribution in [0.25, 0.3) is 0 Å². The predicted octanol–water partition coefficient (Wildman–Crippen LogP) is 1.83. The molecule has 1 saturated carbocycles. The highest BCUT2D eigenvalue weighted by atomic mass is 16.5. The zero-order valence-electron chi connectivity index (χ0n) is 11.8. The molecule has 0 radical (unpaired) electrons. The number of hydrogen-bond donors (Lipinski definition) is 2. The Morgan fingerprint density at radius 1 is 1.33 bits per heavy atom. The lowest BCUT2D eigenvalue weighted by Gasteiger charge is -2.35. The van der Waals surface area contributed by atoms with Gasteiger partial charge in [0.1, 0.15) is 6.61 Å². The van der Waals surface area contributed by atoms with Gasteiger partial charge in [0.2, 0.25) is 5.91 Å². The normalized spacial score (nSPS) is 18.9. The monoisotopic (exact) mass is 256 g/mol. The Hall–Kier alpha value is -0.610. The third-order valence-electron chi connectivity index (χ3n) is 3.69. The summed E-state index contributed by atoms with van der Waals surface area (Å²) < 4.78 is 5.80. The Bertz CT molecular complexity index is 248. The van der Waals surface area contributed by atoms with Gasteiger partial charge in [0.05, 0.1) is 5.60 Å². The van der Waals surface area contributed by atoms with Crippen molar-refractivity contribution in [1.29, 1.82) is 0 Å². The second-order valence-corrected chi connectivity index (χ2v) is 5.77. The molecule has 1 amide bonds. The number of carbonyl (C=O) groups excluding carboxylic acids is 1. The van der Waals surface area contributed by atoms with Crippen LogP contribution in [0.3, 0.4) is 0 Å². The molecular formula is C14H28N2O2. The van der Waals surface area contributed by atoms with Crippen molar-refractivity contribution in [2.45, 2.75) is 58.0 Å². The number of nitrogens with two attached hydrogens (primary N) is 1. The van der Waals surface area contributed by atoms with E-state index in [1.807, 2.05) is 0 Å². The molecule has 1 rings (SSSR count). The average molecular weight is 256 g/mol. The van der Waals surface area contributed by atoms with E-state index < -0.39 is 0 Å². The molecule has 0 heterocycles. The van der Waals surface area contributed by atoms with Gasteiger partial charge >= 0.3 is 0 Å². The van der Waals surface area contributed by atoms with Gasteiger partial charge in [0.25, 0.3) is 0 Å². The molecule has 0 spiro atoms. The number of amides is 1. The Labute approximate surface area is 111 Å². The Morgan fingerprint density at radius 2 is 2.00 bits per heavy atom. The van der Waals surface area contributed by atoms with Crippen LogP contribution in [0.15, 0.2) is 0 Å². The van der Waals surface area contributed by atoms with E-state index in [1.165, 1.54) is 6.42 Å². The smallest absolute Gasteiger partial charge is 0.246 e. The van der Waals surface area contributed by atoms with Gasteiger partial charge in [-0.15, -0.1) is 0 Å². The third kappa shape index (κ3) is 5.36. The van der Waals surface area contributed by atoms with E-state index in [0.717, 1.165) is 38.6 Å². The maximum Gasteiger partial charge on any atom is 0.246 e. The molecule has 0 aromatic rings. The zero-order chi connectivity index (χ0) is 13.4. The van der Waals surface area contributed by atoms with E-state index in [0.29, 0.717) is 12.5 Å². The molecule has 0 aromatic heterocycles. The number of nitrogens with one attached hydrogen (secondary N) is 1. The van der Waals surface area contributed by atoms with Crippen LogP contribution >= 0.6 is 0 Å². The summed E-state index contributed by atoms with van der Waals surface area (Å²) in [5.41, 5.74) is 5.57. The molecule has 1 aliphatic rings. The third-order valence-corrected chi connectivity index (χ3v) is 3.69. The summed E-state index contributed by atoms with van der Waals surface area (Å²) in [6, 6.07) is 0. The molecule has 0 aliphatic heterocycles. The van der Waals surface area contributed by atoms with Crippen molar-refractivity contribution >= 4 is 5.91 Å². The van der Waals surface area contributed by atoms with Crippen LogP contribution in [0.5, 0.6) is 0 Å². The van der Waals surface area contributed by atoms with Crippen LogP contribution in [0, 0.1) is 5.92 Å². The minimum absolute atomic E-state index is 0.0194. The van der Waals surface area contributed by atoms with Crippen LogP contribution in [0.1, 0.15) is 52.4 Å². The maximum atomic E-state index is 11.6. The molecule has 1 aliphatic carbocycles. The highest BCUT2D eigenvalue weighted by molar-refractivity contribution is 5.77. The summed E-state index contributed by atoms with van der Waals surface area (Å²) in [5, 5.41) is 2.89. The number of hydrogen-bond acceptors (Lipinski definition) is 3. The van der Waals surface area contributed by atoms with Gasteiger partial charge in [-0.25, -0.2) is 0 Å². The topological polar surface area (TPSA) is 64.3 Å². The summed E-state index contributed by atoms with van der Waals surface area (Å²) >= 11 is 0. The Morgan fingerprint density at radius 3 is 2.56 bits per heavy atom. The van der Waals surface area contributed by atoms with E-state index in [2.05, 4.69) is 19.2 Å². The van der Waals surface area contributed by atoms with Gasteiger partial charge in [-0.1, -0.05) is 33.1 Å². The fourth-order valence-corrected chi connectivity index (χ4v) is 2.37. The largest absolute Gasteiger partial charge is 0.364 e. The molecule has 0 atom stereocenters. The first-order valence-corrected chi connectivity index (χ1v) is 7.19. The Balaban J connectivity index is 2.23. The second-order valence-electron chi connectivity index (χ2n) is 5.77. The molecule has 3 N–H and O–H groups in total. The van der Waals surface area contributed by atoms with Crippen molar-refractivity contribution in [3.05, 3.63) is 0 Å². The van der Waals surface area contributed by atoms with Gasteiger partial charge < -0.3 is 15.8 Å². The minimum Gasteiger partial charge on any atom is -0.364 e. The molecular weight excluding hydrogens is 228 g/mol. The molecule has 4 heteroatoms. The molecule has 0 unspecified atom stereocenters. The van der Waals surface area contributed by atoms with Crippen LogP contribution in [0.2, 0.25) is 0 Å². The van der Waals surface area contributed by atoms with Crippen molar-refractivity contribution in [2.75, 3.05) is 19.7 Å². The Kier molecular flexibility index (Phi) is 6.65. The fourth-order valence-electron chi connectivity index (χ4n) is 2.37. The van der Waals surface area contributed by atoms with Gasteiger partial charge in [-0.05, 0) is 25.2 Å². The van der Waals surface area contributed by atoms with Crippen molar-refractivity contribution in [3.63, 3.8) is 0 Å². The number of ether oxygens (including phenoxy) is 1. The van der Waals surface area contributed by atoms with Crippen molar-refractivity contribution in [3.8, 4) is 0 Å². The molecule has 0 bridgehead atoms. The van der Waals surface area contributed by atoms with E-state index in [1.54, 1.807) is 0 Å². The lowest BCUT2D eigenvalue weighted by molar-refractivity contribution is -0.135. The SMILES string of the molecule is CC(C)CCNC(=O)COC1(CN)CCCCC1. The molecule has 1 fully saturated rings. The summed E-state index contributed by atoms with van der Waals surface area (Å²) in [6.45, 7) is 5.69. The van der Waals surface area contributed by atoms with Gasteiger partial charge in [0.15, 0.2) is 0 Å². The first-order valence-electron chi connectivity index (χ1n) is 7.19. The van der Waals surface area contributed by atoms with E-state index in [-0.39, 0.29) is 18.1 Å². The highest BCUT2D eigenvalue weighted by Gasteiger charge is 2.31. The molecule has 18 heavy (non-hydrogen) atoms. The first-order chi connectivity index (χ1) is 8.58. The van der Waals surface area contributed by atoms with E-state index >= 15 is 0 Å². The quantitative estimate of drug-likeness (QED) is 0.730. The second kappa shape index (κ2) is 7.74. The van der Waals surface area contributed by atoms with Gasteiger partial charge in [0, 0.05) is 13.1 Å². The summed E-state index contributed by atoms with van der Waals surface area (Å²) in [5.74, 6) is 0.592. The van der Waals surface area contributed by atoms with E-state index in [4.69, 9.17) is 10.5 Å². The highest BCUT2D eigenvalue weighted by Crippen LogP contribution is 2.30. The van der Waals surface area contributed by atoms with Crippen molar-refractivity contribution < 1.29 is 9.53 Å². The maximum absolute atomic E-state index is 11.6. The number of rotatable bonds is 7. The molecule has 106 valence electrons. The summed E-state index contributed by atoms with van der Waals surface area (Å²) in [6.07, 6.45) is 6.56. The predicted molar refractivity (Wildman–Crippen MR) is 73.3 cm³/mol. The fraction of sp³-hybridized carbons (Fsp3) is 0.929. The van der Waals surface area contributed by atoms with E-state index in [9.17, 15) is 4.79 Å². The zero-order valence-corrected chi connectivity index (χ0v) is 11.8.